The number of nitrogens with one attached hydrogen (secondary N) is 2. The summed E-state index contributed by atoms with van der Waals surface area (Å²) in [5.74, 6) is 0.238. The summed E-state index contributed by atoms with van der Waals surface area (Å²) >= 11 is 0. The molecule has 1 aliphatic rings. The number of alkyl halides is 3. The number of halogens is 3. The fourth-order valence-electron chi connectivity index (χ4n) is 4.04. The van der Waals surface area contributed by atoms with Gasteiger partial charge in [-0.15, -0.1) is 0 Å². The highest BCUT2D eigenvalue weighted by Crippen LogP contribution is 2.34. The monoisotopic (exact) mass is 534 g/mol. The van der Waals surface area contributed by atoms with E-state index in [1.54, 1.807) is 56.8 Å². The Morgan fingerprint density at radius 2 is 1.77 bits per heavy atom. The largest absolute Gasteiger partial charge is 0.416 e. The number of rotatable bonds is 5. The highest BCUT2D eigenvalue weighted by molar-refractivity contribution is 6.07. The van der Waals surface area contributed by atoms with Gasteiger partial charge in [-0.2, -0.15) is 18.2 Å². The van der Waals surface area contributed by atoms with Crippen molar-refractivity contribution in [1.29, 1.82) is 0 Å². The Balaban J connectivity index is 1.38. The number of nitrogens with zero attached hydrogens (tertiary/aromatic N) is 6. The zero-order valence-corrected chi connectivity index (χ0v) is 20.7. The van der Waals surface area contributed by atoms with Crippen molar-refractivity contribution >= 4 is 41.0 Å². The van der Waals surface area contributed by atoms with Crippen molar-refractivity contribution in [3.05, 3.63) is 89.4 Å². The van der Waals surface area contributed by atoms with Crippen LogP contribution in [0, 0.1) is 6.92 Å². The van der Waals surface area contributed by atoms with Crippen molar-refractivity contribution in [2.24, 2.45) is 0 Å². The molecule has 0 atom stereocenters. The van der Waals surface area contributed by atoms with E-state index in [4.69, 9.17) is 0 Å². The number of aryl methyl sites for hydroxylation is 1. The summed E-state index contributed by atoms with van der Waals surface area (Å²) < 4.78 is 39.2. The highest BCUT2D eigenvalue weighted by Gasteiger charge is 2.32. The Kier molecular flexibility index (Phi) is 6.56. The van der Waals surface area contributed by atoms with E-state index in [9.17, 15) is 22.8 Å². The molecule has 2 N–H and O–H groups in total. The number of carbonyl (C=O) groups is 2. The minimum atomic E-state index is -4.57. The first-order chi connectivity index (χ1) is 18.6. The van der Waals surface area contributed by atoms with Crippen molar-refractivity contribution in [2.45, 2.75) is 19.6 Å². The van der Waals surface area contributed by atoms with E-state index in [1.807, 2.05) is 0 Å². The van der Waals surface area contributed by atoms with Crippen LogP contribution in [0.3, 0.4) is 0 Å². The van der Waals surface area contributed by atoms with Crippen LogP contribution >= 0.6 is 0 Å². The second-order valence-electron chi connectivity index (χ2n) is 8.70. The Hall–Kier alpha value is -5.07. The number of carbonyl (C=O) groups excluding carboxylic acids is 2. The first-order valence-corrected chi connectivity index (χ1v) is 11.6. The standard InChI is InChI=1S/C26H21F3N8O2/c1-15-7-8-19(33-22(38)16-5-3-6-18(11-16)26(27,28)29)12-20(15)37-14-17-13-32-24(34-21(17)36(2)25(37)39)35-23-30-9-4-10-31-23/h3-13H,14H2,1-2H3,(H,33,38)(H,30,31,32,34,35). The van der Waals surface area contributed by atoms with Gasteiger partial charge in [0.15, 0.2) is 0 Å². The van der Waals surface area contributed by atoms with E-state index in [2.05, 4.69) is 30.6 Å². The van der Waals surface area contributed by atoms with Crippen LogP contribution in [0.4, 0.5) is 47.1 Å². The highest BCUT2D eigenvalue weighted by atomic mass is 19.4. The average molecular weight is 535 g/mol. The third kappa shape index (κ3) is 5.32. The molecule has 0 bridgehead atoms. The number of benzene rings is 2. The molecule has 0 aliphatic carbocycles. The molecular weight excluding hydrogens is 513 g/mol. The molecule has 0 fully saturated rings. The lowest BCUT2D eigenvalue weighted by Crippen LogP contribution is -2.46. The molecule has 2 aromatic carbocycles. The Morgan fingerprint density at radius 1 is 1.00 bits per heavy atom. The molecule has 0 saturated heterocycles. The van der Waals surface area contributed by atoms with Crippen LogP contribution in [0.2, 0.25) is 0 Å². The van der Waals surface area contributed by atoms with Gasteiger partial charge < -0.3 is 5.32 Å². The van der Waals surface area contributed by atoms with Gasteiger partial charge in [-0.25, -0.2) is 19.7 Å². The topological polar surface area (TPSA) is 116 Å². The Bertz CT molecular complexity index is 1560. The predicted molar refractivity (Wildman–Crippen MR) is 138 cm³/mol. The number of hydrogen-bond donors (Lipinski definition) is 2. The molecule has 5 rings (SSSR count). The maximum Gasteiger partial charge on any atom is 0.416 e. The first-order valence-electron chi connectivity index (χ1n) is 11.6. The summed E-state index contributed by atoms with van der Waals surface area (Å²) in [6.45, 7) is 1.96. The van der Waals surface area contributed by atoms with Crippen LogP contribution in [-0.2, 0) is 12.7 Å². The van der Waals surface area contributed by atoms with E-state index in [0.29, 0.717) is 28.7 Å². The van der Waals surface area contributed by atoms with Crippen molar-refractivity contribution in [1.82, 2.24) is 19.9 Å². The van der Waals surface area contributed by atoms with Gasteiger partial charge in [0.1, 0.15) is 5.82 Å². The van der Waals surface area contributed by atoms with E-state index in [-0.39, 0.29) is 24.1 Å². The maximum atomic E-state index is 13.3. The van der Waals surface area contributed by atoms with Gasteiger partial charge in [-0.1, -0.05) is 12.1 Å². The smallest absolute Gasteiger partial charge is 0.322 e. The zero-order chi connectivity index (χ0) is 27.7. The quantitative estimate of drug-likeness (QED) is 0.363. The molecule has 3 heterocycles. The van der Waals surface area contributed by atoms with Crippen LogP contribution in [0.5, 0.6) is 0 Å². The van der Waals surface area contributed by atoms with Gasteiger partial charge in [0, 0.05) is 42.5 Å². The number of hydrogen-bond acceptors (Lipinski definition) is 7. The number of aromatic nitrogens is 4. The number of amides is 3. The lowest BCUT2D eigenvalue weighted by Gasteiger charge is -2.35. The summed E-state index contributed by atoms with van der Waals surface area (Å²) in [7, 11) is 1.58. The van der Waals surface area contributed by atoms with Gasteiger partial charge in [0.25, 0.3) is 5.91 Å². The molecule has 2 aromatic heterocycles. The van der Waals surface area contributed by atoms with Crippen LogP contribution in [0.1, 0.15) is 27.0 Å². The van der Waals surface area contributed by atoms with E-state index >= 15 is 0 Å². The predicted octanol–water partition coefficient (Wildman–Crippen LogP) is 5.17. The lowest BCUT2D eigenvalue weighted by atomic mass is 10.1. The first kappa shape index (κ1) is 25.6. The van der Waals surface area contributed by atoms with Crippen molar-refractivity contribution in [3.63, 3.8) is 0 Å². The average Bonchev–Trinajstić information content (AvgIpc) is 2.92. The molecular formula is C26H21F3N8O2. The van der Waals surface area contributed by atoms with Crippen LogP contribution in [0.25, 0.3) is 0 Å². The van der Waals surface area contributed by atoms with Gasteiger partial charge in [-0.3, -0.25) is 19.9 Å². The molecule has 1 aliphatic heterocycles. The molecule has 10 nitrogen and oxygen atoms in total. The Morgan fingerprint density at radius 3 is 2.51 bits per heavy atom. The van der Waals surface area contributed by atoms with Gasteiger partial charge in [0.05, 0.1) is 17.8 Å². The normalized spacial score (nSPS) is 13.2. The van der Waals surface area contributed by atoms with Crippen molar-refractivity contribution in [3.8, 4) is 0 Å². The lowest BCUT2D eigenvalue weighted by molar-refractivity contribution is -0.137. The summed E-state index contributed by atoms with van der Waals surface area (Å²) in [5.41, 5.74) is 1.19. The van der Waals surface area contributed by atoms with Crippen LogP contribution < -0.4 is 20.4 Å². The summed E-state index contributed by atoms with van der Waals surface area (Å²) in [6, 6.07) is 10.4. The van der Waals surface area contributed by atoms with Gasteiger partial charge in [0.2, 0.25) is 11.9 Å². The molecule has 13 heteroatoms. The fourth-order valence-corrected chi connectivity index (χ4v) is 4.04. The molecule has 198 valence electrons. The summed E-state index contributed by atoms with van der Waals surface area (Å²) in [5, 5.41) is 5.51. The zero-order valence-electron chi connectivity index (χ0n) is 20.7. The van der Waals surface area contributed by atoms with Crippen molar-refractivity contribution < 1.29 is 22.8 Å². The molecule has 39 heavy (non-hydrogen) atoms. The van der Waals surface area contributed by atoms with Gasteiger partial charge in [-0.05, 0) is 48.9 Å². The SMILES string of the molecule is Cc1ccc(NC(=O)c2cccc(C(F)(F)F)c2)cc1N1Cc2cnc(Nc3ncccn3)nc2N(C)C1=O. The minimum Gasteiger partial charge on any atom is -0.322 e. The number of urea groups is 1. The molecule has 3 amide bonds. The second-order valence-corrected chi connectivity index (χ2v) is 8.70. The number of anilines is 5. The number of fused-ring (bicyclic) bond motifs is 1. The molecule has 4 aromatic rings. The van der Waals surface area contributed by atoms with Crippen molar-refractivity contribution in [2.75, 3.05) is 27.5 Å². The summed E-state index contributed by atoms with van der Waals surface area (Å²) in [4.78, 5) is 45.8. The van der Waals surface area contributed by atoms with E-state index in [0.717, 1.165) is 17.7 Å². The fraction of sp³-hybridized carbons (Fsp3) is 0.154. The summed E-state index contributed by atoms with van der Waals surface area (Å²) in [6.07, 6.45) is 0.164. The third-order valence-corrected chi connectivity index (χ3v) is 6.00. The molecule has 0 unspecified atom stereocenters. The molecule has 0 spiro atoms. The second kappa shape index (κ2) is 10.0. The van der Waals surface area contributed by atoms with Crippen LogP contribution in [-0.4, -0.2) is 38.9 Å². The van der Waals surface area contributed by atoms with Crippen LogP contribution in [0.15, 0.2) is 67.1 Å². The van der Waals surface area contributed by atoms with E-state index < -0.39 is 17.6 Å². The third-order valence-electron chi connectivity index (χ3n) is 6.00. The molecule has 0 saturated carbocycles. The maximum absolute atomic E-state index is 13.3. The van der Waals surface area contributed by atoms with E-state index in [1.165, 1.54) is 21.9 Å². The minimum absolute atomic E-state index is 0.142. The Labute approximate surface area is 220 Å². The van der Waals surface area contributed by atoms with Gasteiger partial charge >= 0.3 is 12.2 Å². The molecule has 0 radical (unpaired) electrons.